The highest BCUT2D eigenvalue weighted by Gasteiger charge is 2.36. The number of nitrogens with zero attached hydrogens (tertiary/aromatic N) is 2. The Morgan fingerprint density at radius 1 is 1.13 bits per heavy atom. The van der Waals surface area contributed by atoms with E-state index in [2.05, 4.69) is 10.6 Å². The third-order valence-corrected chi connectivity index (χ3v) is 7.02. The number of imide groups is 1. The van der Waals surface area contributed by atoms with Crippen LogP contribution in [0.25, 0.3) is 0 Å². The molecule has 1 aliphatic rings. The summed E-state index contributed by atoms with van der Waals surface area (Å²) >= 11 is 1.02. The van der Waals surface area contributed by atoms with Gasteiger partial charge in [-0.05, 0) is 20.8 Å². The Morgan fingerprint density at radius 3 is 2.34 bits per heavy atom. The molecule has 3 unspecified atom stereocenters. The molecule has 0 aromatic heterocycles. The number of ketones is 1. The number of rotatable bonds is 18. The lowest BCUT2D eigenvalue weighted by molar-refractivity contribution is -0.140. The highest BCUT2D eigenvalue weighted by molar-refractivity contribution is 8.01. The van der Waals surface area contributed by atoms with E-state index in [-0.39, 0.29) is 75.0 Å². The topological polar surface area (TPSA) is 168 Å². The summed E-state index contributed by atoms with van der Waals surface area (Å²) in [5.74, 6) is -2.07. The first-order valence-electron chi connectivity index (χ1n) is 12.3. The van der Waals surface area contributed by atoms with E-state index in [0.29, 0.717) is 6.29 Å². The van der Waals surface area contributed by atoms with Crippen LogP contribution in [0.4, 0.5) is 0 Å². The number of carbonyl (C=O) groups is 7. The fourth-order valence-electron chi connectivity index (χ4n) is 3.18. The van der Waals surface area contributed by atoms with E-state index in [1.807, 2.05) is 13.8 Å². The zero-order valence-corrected chi connectivity index (χ0v) is 23.3. The maximum absolute atomic E-state index is 12.6. The molecule has 2 N–H and O–H groups in total. The predicted octanol–water partition coefficient (Wildman–Crippen LogP) is -1.09. The second kappa shape index (κ2) is 16.9. The molecule has 38 heavy (non-hydrogen) atoms. The molecule has 13 nitrogen and oxygen atoms in total. The fraction of sp³-hybridized carbons (Fsp3) is 0.708. The number of ether oxygens (including phenoxy) is 2. The van der Waals surface area contributed by atoms with Gasteiger partial charge in [0, 0.05) is 39.6 Å². The van der Waals surface area contributed by atoms with Gasteiger partial charge in [-0.3, -0.25) is 33.7 Å². The van der Waals surface area contributed by atoms with Crippen LogP contribution < -0.4 is 10.6 Å². The van der Waals surface area contributed by atoms with Gasteiger partial charge in [-0.2, -0.15) is 0 Å². The van der Waals surface area contributed by atoms with Crippen molar-refractivity contribution in [3.8, 4) is 0 Å². The van der Waals surface area contributed by atoms with Gasteiger partial charge in [0.05, 0.1) is 37.1 Å². The Kier molecular flexibility index (Phi) is 14.8. The van der Waals surface area contributed by atoms with Crippen LogP contribution >= 0.6 is 11.8 Å². The Balaban J connectivity index is 2.45. The summed E-state index contributed by atoms with van der Waals surface area (Å²) in [6, 6.07) is -0.0168. The number of likely N-dealkylation sites (N-methyl/N-ethyl adjacent to an activating group) is 1. The van der Waals surface area contributed by atoms with Gasteiger partial charge in [0.15, 0.2) is 0 Å². The van der Waals surface area contributed by atoms with Gasteiger partial charge in [0.2, 0.25) is 23.6 Å². The highest BCUT2D eigenvalue weighted by Crippen LogP contribution is 2.16. The van der Waals surface area contributed by atoms with Crippen molar-refractivity contribution >= 4 is 53.4 Å². The van der Waals surface area contributed by atoms with Crippen LogP contribution in [0.1, 0.15) is 40.0 Å². The summed E-state index contributed by atoms with van der Waals surface area (Å²) in [7, 11) is 3.01. The molecule has 0 saturated carbocycles. The second-order valence-electron chi connectivity index (χ2n) is 9.05. The van der Waals surface area contributed by atoms with Gasteiger partial charge in [-0.25, -0.2) is 0 Å². The normalized spacial score (nSPS) is 16.8. The molecule has 3 atom stereocenters. The Bertz CT molecular complexity index is 883. The van der Waals surface area contributed by atoms with E-state index in [1.165, 1.54) is 18.9 Å². The summed E-state index contributed by atoms with van der Waals surface area (Å²) < 4.78 is 10.8. The number of amides is 5. The first kappa shape index (κ1) is 33.2. The van der Waals surface area contributed by atoms with Crippen molar-refractivity contribution in [2.24, 2.45) is 0 Å². The van der Waals surface area contributed by atoms with Crippen molar-refractivity contribution in [2.45, 2.75) is 63.5 Å². The Hall–Kier alpha value is -2.84. The lowest BCUT2D eigenvalue weighted by Gasteiger charge is -2.23. The average Bonchev–Trinajstić information content (AvgIpc) is 3.11. The van der Waals surface area contributed by atoms with Gasteiger partial charge in [-0.1, -0.05) is 0 Å². The van der Waals surface area contributed by atoms with Crippen molar-refractivity contribution < 1.29 is 43.0 Å². The van der Waals surface area contributed by atoms with E-state index in [4.69, 9.17) is 9.47 Å². The van der Waals surface area contributed by atoms with Crippen LogP contribution in [0.5, 0.6) is 0 Å². The number of hydrogen-bond acceptors (Lipinski definition) is 10. The third kappa shape index (κ3) is 11.7. The van der Waals surface area contributed by atoms with Gasteiger partial charge in [0.1, 0.15) is 24.3 Å². The first-order valence-corrected chi connectivity index (χ1v) is 13.3. The zero-order valence-electron chi connectivity index (χ0n) is 22.5. The van der Waals surface area contributed by atoms with Gasteiger partial charge in [-0.15, -0.1) is 11.8 Å². The molecule has 14 heteroatoms. The van der Waals surface area contributed by atoms with Crippen LogP contribution in [-0.4, -0.2) is 121 Å². The fourth-order valence-corrected chi connectivity index (χ4v) is 4.12. The van der Waals surface area contributed by atoms with Gasteiger partial charge < -0.3 is 29.8 Å². The van der Waals surface area contributed by atoms with E-state index in [0.717, 1.165) is 16.7 Å². The number of Topliss-reactive ketones (excluding diaryl/α,β-unsaturated/α-hetero) is 1. The molecule has 0 aromatic carbocycles. The van der Waals surface area contributed by atoms with E-state index in [1.54, 1.807) is 7.05 Å². The van der Waals surface area contributed by atoms with Crippen molar-refractivity contribution in [3.63, 3.8) is 0 Å². The van der Waals surface area contributed by atoms with Crippen molar-refractivity contribution in [1.29, 1.82) is 0 Å². The van der Waals surface area contributed by atoms with Crippen LogP contribution in [0, 0.1) is 0 Å². The van der Waals surface area contributed by atoms with Crippen molar-refractivity contribution in [3.05, 3.63) is 0 Å². The maximum Gasteiger partial charge on any atom is 0.258 e. The minimum Gasteiger partial charge on any atom is -0.368 e. The molecule has 1 aliphatic heterocycles. The summed E-state index contributed by atoms with van der Waals surface area (Å²) in [4.78, 5) is 85.6. The molecule has 214 valence electrons. The number of thioether (sulfide) groups is 1. The van der Waals surface area contributed by atoms with Crippen LogP contribution in [0.2, 0.25) is 0 Å². The lowest BCUT2D eigenvalue weighted by Crippen LogP contribution is -2.40. The molecule has 0 radical (unpaired) electrons. The SMILES string of the molecule is CC(=O)CSC(CC(=O)NCCOC(C=O)CC(=O)N(C)C(C)C)C(=O)NCCOC1CC(=O)N(C)C1=O. The van der Waals surface area contributed by atoms with Crippen molar-refractivity contribution in [1.82, 2.24) is 20.4 Å². The molecule has 0 spiro atoms. The number of likely N-dealkylation sites (tertiary alicyclic amines) is 1. The summed E-state index contributed by atoms with van der Waals surface area (Å²) in [5.41, 5.74) is 0. The molecule has 1 saturated heterocycles. The Morgan fingerprint density at radius 2 is 1.79 bits per heavy atom. The molecule has 5 amide bonds. The van der Waals surface area contributed by atoms with Gasteiger partial charge >= 0.3 is 0 Å². The quantitative estimate of drug-likeness (QED) is 0.120. The van der Waals surface area contributed by atoms with Gasteiger partial charge in [0.25, 0.3) is 5.91 Å². The molecule has 1 fully saturated rings. The lowest BCUT2D eigenvalue weighted by atomic mass is 10.2. The summed E-state index contributed by atoms with van der Waals surface area (Å²) in [6.07, 6.45) is -1.65. The number of nitrogens with one attached hydrogen (secondary N) is 2. The molecule has 0 bridgehead atoms. The van der Waals surface area contributed by atoms with E-state index < -0.39 is 35.2 Å². The van der Waals surface area contributed by atoms with E-state index in [9.17, 15) is 33.6 Å². The maximum atomic E-state index is 12.6. The molecular weight excluding hydrogens is 520 g/mol. The zero-order chi connectivity index (χ0) is 28.8. The molecule has 1 rings (SSSR count). The predicted molar refractivity (Wildman–Crippen MR) is 138 cm³/mol. The first-order chi connectivity index (χ1) is 17.9. The average molecular weight is 559 g/mol. The third-order valence-electron chi connectivity index (χ3n) is 5.66. The monoisotopic (exact) mass is 558 g/mol. The largest absolute Gasteiger partial charge is 0.368 e. The van der Waals surface area contributed by atoms with Crippen molar-refractivity contribution in [2.75, 3.05) is 46.2 Å². The number of carbonyl (C=O) groups excluding carboxylic acids is 7. The van der Waals surface area contributed by atoms with Crippen LogP contribution in [0.15, 0.2) is 0 Å². The molecule has 1 heterocycles. The number of hydrogen-bond donors (Lipinski definition) is 2. The summed E-state index contributed by atoms with van der Waals surface area (Å²) in [6.45, 7) is 5.15. The highest BCUT2D eigenvalue weighted by atomic mass is 32.2. The molecule has 0 aliphatic carbocycles. The minimum absolute atomic E-state index is 0.00966. The van der Waals surface area contributed by atoms with E-state index >= 15 is 0 Å². The summed E-state index contributed by atoms with van der Waals surface area (Å²) in [5, 5.41) is 4.35. The standard InChI is InChI=1S/C24H38N4O9S/c1-15(2)27(4)21(32)10-17(13-29)36-8-6-25-20(31)12-19(38-14-16(3)30)23(34)26-7-9-37-18-11-22(33)28(5)24(18)35/h13,15,17-19H,6-12,14H2,1-5H3,(H,25,31)(H,26,34). The smallest absolute Gasteiger partial charge is 0.258 e. The second-order valence-corrected chi connectivity index (χ2v) is 10.2. The van der Waals surface area contributed by atoms with Crippen LogP contribution in [-0.2, 0) is 43.0 Å². The molecular formula is C24H38N4O9S. The minimum atomic E-state index is -0.939. The Labute approximate surface area is 226 Å². The molecule has 0 aromatic rings. The number of aldehydes is 1. The van der Waals surface area contributed by atoms with Crippen LogP contribution in [0.3, 0.4) is 0 Å².